The predicted octanol–water partition coefficient (Wildman–Crippen LogP) is 8.89. The van der Waals surface area contributed by atoms with Gasteiger partial charge in [0.15, 0.2) is 0 Å². The number of aliphatic hydroxyl groups is 1. The molecule has 2 saturated carbocycles. The molecule has 5 heteroatoms. The lowest BCUT2D eigenvalue weighted by atomic mass is 9.42. The van der Waals surface area contributed by atoms with Crippen LogP contribution in [0.2, 0.25) is 0 Å². The summed E-state index contributed by atoms with van der Waals surface area (Å²) in [5, 5.41) is 21.5. The van der Waals surface area contributed by atoms with Gasteiger partial charge in [-0.2, -0.15) is 0 Å². The van der Waals surface area contributed by atoms with Crippen LogP contribution in [0.15, 0.2) is 23.3 Å². The van der Waals surface area contributed by atoms with Gasteiger partial charge in [-0.05, 0) is 99.7 Å². The highest BCUT2D eigenvalue weighted by Crippen LogP contribution is 2.72. The first kappa shape index (κ1) is 33.3. The van der Waals surface area contributed by atoms with E-state index in [1.807, 2.05) is 0 Å². The van der Waals surface area contributed by atoms with Crippen LogP contribution in [0.3, 0.4) is 0 Å². The number of carbonyl (C=O) groups is 2. The highest BCUT2D eigenvalue weighted by molar-refractivity contribution is 5.72. The molecule has 2 N–H and O–H groups in total. The molecule has 0 aromatic carbocycles. The van der Waals surface area contributed by atoms with Gasteiger partial charge in [0.25, 0.3) is 0 Å². The predicted molar refractivity (Wildman–Crippen MR) is 169 cm³/mol. The van der Waals surface area contributed by atoms with Crippen molar-refractivity contribution < 1.29 is 24.5 Å². The third-order valence-electron chi connectivity index (χ3n) is 13.7. The van der Waals surface area contributed by atoms with E-state index in [1.165, 1.54) is 5.57 Å². The van der Waals surface area contributed by atoms with Crippen molar-refractivity contribution in [1.82, 2.24) is 0 Å². The molecular weight excluding hydrogens is 524 g/mol. The zero-order valence-electron chi connectivity index (χ0n) is 28.0. The Bertz CT molecular complexity index is 1090. The largest absolute Gasteiger partial charge is 0.481 e. The first-order valence-corrected chi connectivity index (χ1v) is 17.1. The van der Waals surface area contributed by atoms with Gasteiger partial charge in [0.1, 0.15) is 6.10 Å². The maximum Gasteiger partial charge on any atom is 0.310 e. The topological polar surface area (TPSA) is 83.8 Å². The summed E-state index contributed by atoms with van der Waals surface area (Å²) < 4.78 is 6.17. The third kappa shape index (κ3) is 5.32. The summed E-state index contributed by atoms with van der Waals surface area (Å²) in [5.41, 5.74) is 3.61. The highest BCUT2D eigenvalue weighted by Gasteiger charge is 2.66. The van der Waals surface area contributed by atoms with Crippen molar-refractivity contribution in [3.8, 4) is 0 Å². The molecule has 42 heavy (non-hydrogen) atoms. The summed E-state index contributed by atoms with van der Waals surface area (Å²) in [6.07, 6.45) is 11.8. The second-order valence-electron chi connectivity index (χ2n) is 16.0. The molecular formula is C37H60O5. The number of fused-ring (bicyclic) bond motifs is 4. The Hall–Kier alpha value is -1.62. The Morgan fingerprint density at radius 3 is 2.33 bits per heavy atom. The average molecular weight is 585 g/mol. The Morgan fingerprint density at radius 1 is 1.00 bits per heavy atom. The molecule has 0 spiro atoms. The molecule has 0 saturated heterocycles. The number of aliphatic carboxylic acids is 1. The minimum Gasteiger partial charge on any atom is -0.481 e. The lowest BCUT2D eigenvalue weighted by Gasteiger charge is -2.63. The molecule has 5 nitrogen and oxygen atoms in total. The molecule has 238 valence electrons. The molecule has 0 amide bonds. The van der Waals surface area contributed by atoms with Gasteiger partial charge in [-0.15, -0.1) is 0 Å². The van der Waals surface area contributed by atoms with Crippen molar-refractivity contribution in [2.45, 2.75) is 151 Å². The van der Waals surface area contributed by atoms with Gasteiger partial charge in [-0.3, -0.25) is 9.59 Å². The highest BCUT2D eigenvalue weighted by atomic mass is 16.5. The van der Waals surface area contributed by atoms with Gasteiger partial charge in [0.2, 0.25) is 0 Å². The molecule has 4 aliphatic carbocycles. The van der Waals surface area contributed by atoms with E-state index in [2.05, 4.69) is 55.0 Å². The van der Waals surface area contributed by atoms with Crippen molar-refractivity contribution in [2.24, 2.45) is 45.3 Å². The number of hydrogen-bond donors (Lipinski definition) is 2. The molecule has 0 radical (unpaired) electrons. The van der Waals surface area contributed by atoms with Crippen molar-refractivity contribution in [3.05, 3.63) is 23.3 Å². The van der Waals surface area contributed by atoms with Crippen LogP contribution in [0.4, 0.5) is 0 Å². The number of aliphatic hydroxyl groups excluding tert-OH is 1. The first-order valence-electron chi connectivity index (χ1n) is 17.1. The minimum atomic E-state index is -0.804. The second kappa shape index (κ2) is 12.1. The second-order valence-corrected chi connectivity index (χ2v) is 16.0. The van der Waals surface area contributed by atoms with Crippen LogP contribution in [-0.2, 0) is 14.3 Å². The number of carboxylic acids is 1. The summed E-state index contributed by atoms with van der Waals surface area (Å²) in [5.74, 6) is -0.158. The number of hydrogen-bond acceptors (Lipinski definition) is 4. The van der Waals surface area contributed by atoms with E-state index in [9.17, 15) is 19.8 Å². The molecule has 4 rings (SSSR count). The third-order valence-corrected chi connectivity index (χ3v) is 13.7. The molecule has 4 aliphatic rings. The van der Waals surface area contributed by atoms with E-state index in [0.717, 1.165) is 82.6 Å². The van der Waals surface area contributed by atoms with Gasteiger partial charge in [0.05, 0.1) is 12.0 Å². The Balaban J connectivity index is 1.56. The van der Waals surface area contributed by atoms with Crippen molar-refractivity contribution >= 4 is 11.9 Å². The smallest absolute Gasteiger partial charge is 0.310 e. The number of allylic oxidation sites excluding steroid dienone is 1. The summed E-state index contributed by atoms with van der Waals surface area (Å²) in [6, 6.07) is 0. The van der Waals surface area contributed by atoms with Crippen LogP contribution >= 0.6 is 0 Å². The summed E-state index contributed by atoms with van der Waals surface area (Å²) >= 11 is 0. The molecule has 0 aromatic heterocycles. The van der Waals surface area contributed by atoms with E-state index < -0.39 is 18.0 Å². The molecule has 0 aromatic rings. The van der Waals surface area contributed by atoms with Crippen molar-refractivity contribution in [2.75, 3.05) is 0 Å². The maximum absolute atomic E-state index is 12.7. The first-order chi connectivity index (χ1) is 19.6. The Labute approximate surface area is 255 Å². The number of carbonyl (C=O) groups excluding carboxylic acids is 1. The number of ether oxygens (including phenoxy) is 1. The molecule has 2 fully saturated rings. The molecule has 0 aliphatic heterocycles. The Morgan fingerprint density at radius 2 is 1.69 bits per heavy atom. The number of esters is 1. The molecule has 0 bridgehead atoms. The van der Waals surface area contributed by atoms with Crippen molar-refractivity contribution in [1.29, 1.82) is 0 Å². The normalized spacial score (nSPS) is 38.6. The SMILES string of the molecule is C=C(CC[C@@H](C)[C@H]1CC[C@@]2(C)C3=C(C[C@H](O)[C@]12C)[C@@]1(C)CC[C@@H](OC(=O)CCCCC)C(C)(C)[C@@H]1CC3)[C@H](C)C(=O)O. The van der Waals surface area contributed by atoms with Crippen LogP contribution in [0.25, 0.3) is 0 Å². The van der Waals surface area contributed by atoms with E-state index in [1.54, 1.807) is 12.5 Å². The summed E-state index contributed by atoms with van der Waals surface area (Å²) in [4.78, 5) is 24.2. The van der Waals surface area contributed by atoms with E-state index in [-0.39, 0.29) is 33.7 Å². The standard InChI is InChI=1S/C37H60O5/c1-10-11-12-13-32(39)42-31-19-20-35(7)28-22-30(38)37(9)26(24(3)15-14-23(2)25(4)33(40)41)18-21-36(37,8)27(28)16-17-29(35)34(31,5)6/h24-26,29-31,38H,2,10-22H2,1,3-9H3,(H,40,41)/t24-,25+,26-,29+,30+,31-,35-,36+,37+/m1/s1. The van der Waals surface area contributed by atoms with Crippen LogP contribution in [-0.4, -0.2) is 34.4 Å². The number of unbranched alkanes of at least 4 members (excludes halogenated alkanes) is 2. The maximum atomic E-state index is 12.7. The molecule has 0 unspecified atom stereocenters. The summed E-state index contributed by atoms with van der Waals surface area (Å²) in [6.45, 7) is 22.2. The molecule has 9 atom stereocenters. The van der Waals surface area contributed by atoms with Crippen LogP contribution in [0, 0.1) is 45.3 Å². The molecule has 0 heterocycles. The van der Waals surface area contributed by atoms with Gasteiger partial charge >= 0.3 is 11.9 Å². The van der Waals surface area contributed by atoms with Gasteiger partial charge in [-0.25, -0.2) is 0 Å². The Kier molecular flexibility index (Phi) is 9.55. The van der Waals surface area contributed by atoms with E-state index in [0.29, 0.717) is 24.2 Å². The monoisotopic (exact) mass is 584 g/mol. The number of rotatable bonds is 11. The fraction of sp³-hybridized carbons (Fsp3) is 0.838. The van der Waals surface area contributed by atoms with Crippen LogP contribution in [0.1, 0.15) is 139 Å². The fourth-order valence-electron chi connectivity index (χ4n) is 10.6. The zero-order valence-corrected chi connectivity index (χ0v) is 28.0. The fourth-order valence-corrected chi connectivity index (χ4v) is 10.6. The minimum absolute atomic E-state index is 0.0158. The lowest BCUT2D eigenvalue weighted by molar-refractivity contribution is -0.171. The average Bonchev–Trinajstić information content (AvgIpc) is 3.21. The lowest BCUT2D eigenvalue weighted by Crippen LogP contribution is -2.58. The quantitative estimate of drug-likeness (QED) is 0.144. The van der Waals surface area contributed by atoms with E-state index in [4.69, 9.17) is 4.74 Å². The van der Waals surface area contributed by atoms with E-state index >= 15 is 0 Å². The number of carboxylic acid groups (broad SMARTS) is 1. The van der Waals surface area contributed by atoms with Crippen LogP contribution in [0.5, 0.6) is 0 Å². The van der Waals surface area contributed by atoms with Gasteiger partial charge in [-0.1, -0.05) is 84.6 Å². The van der Waals surface area contributed by atoms with Crippen molar-refractivity contribution in [3.63, 3.8) is 0 Å². The van der Waals surface area contributed by atoms with Gasteiger partial charge in [0, 0.05) is 17.3 Å². The zero-order chi connectivity index (χ0) is 31.3. The summed E-state index contributed by atoms with van der Waals surface area (Å²) in [7, 11) is 0. The van der Waals surface area contributed by atoms with Gasteiger partial charge < -0.3 is 14.9 Å². The van der Waals surface area contributed by atoms with Crippen LogP contribution < -0.4 is 0 Å².